The average molecular weight is 507 g/mol. The number of carbonyl (C=O) groups is 1. The van der Waals surface area contributed by atoms with Crippen molar-refractivity contribution >= 4 is 51.2 Å². The van der Waals surface area contributed by atoms with Gasteiger partial charge in [-0.25, -0.2) is 0 Å². The topological polar surface area (TPSA) is 105 Å². The van der Waals surface area contributed by atoms with E-state index in [9.17, 15) is 4.79 Å². The molecule has 3 N–H and O–H groups in total. The van der Waals surface area contributed by atoms with E-state index < -0.39 is 6.04 Å². The number of aliphatic imine (C=N–C) groups is 1. The average Bonchev–Trinajstić information content (AvgIpc) is 3.04. The molecule has 0 fully saturated rings. The summed E-state index contributed by atoms with van der Waals surface area (Å²) in [6, 6.07) is 10.5. The lowest BCUT2D eigenvalue weighted by molar-refractivity contribution is -0.121. The second-order valence-corrected chi connectivity index (χ2v) is 10.1. The number of aromatic nitrogens is 1. The lowest BCUT2D eigenvalue weighted by Gasteiger charge is -2.24. The molecule has 1 aromatic carbocycles. The number of hydrogen-bond donors (Lipinski definition) is 3. The van der Waals surface area contributed by atoms with Crippen molar-refractivity contribution in [2.45, 2.75) is 39.7 Å². The van der Waals surface area contributed by atoms with Crippen LogP contribution in [0.4, 0.5) is 5.00 Å². The quantitative estimate of drug-likeness (QED) is 0.317. The Labute approximate surface area is 213 Å². The van der Waals surface area contributed by atoms with Gasteiger partial charge in [-0.2, -0.15) is 0 Å². The number of hydrogen-bond acceptors (Lipinski definition) is 6. The number of benzene rings is 1. The first kappa shape index (κ1) is 24.8. The van der Waals surface area contributed by atoms with E-state index in [4.69, 9.17) is 27.4 Å². The molecule has 1 aliphatic heterocycles. The van der Waals surface area contributed by atoms with E-state index in [-0.39, 0.29) is 24.0 Å². The highest BCUT2D eigenvalue weighted by molar-refractivity contribution is 7.17. The molecule has 1 atom stereocenters. The third-order valence-corrected chi connectivity index (χ3v) is 7.38. The summed E-state index contributed by atoms with van der Waals surface area (Å²) in [4.78, 5) is 24.6. The second kappa shape index (κ2) is 10.5. The monoisotopic (exact) mass is 506 g/mol. The number of pyridine rings is 1. The number of carbonyl (C=O) groups excluding carboxylic acids is 1. The first-order valence-corrected chi connectivity index (χ1v) is 12.5. The molecule has 180 valence electrons. The van der Waals surface area contributed by atoms with Gasteiger partial charge in [0, 0.05) is 40.0 Å². The summed E-state index contributed by atoms with van der Waals surface area (Å²) in [6.45, 7) is 6.18. The fourth-order valence-electron chi connectivity index (χ4n) is 4.03. The number of rotatable bonds is 6. The van der Waals surface area contributed by atoms with Crippen molar-refractivity contribution in [3.8, 4) is 0 Å². The Kier molecular flexibility index (Phi) is 7.42. The zero-order valence-electron chi connectivity index (χ0n) is 19.9. The highest BCUT2D eigenvalue weighted by Crippen LogP contribution is 2.40. The van der Waals surface area contributed by atoms with Crippen molar-refractivity contribution < 1.29 is 4.79 Å². The van der Waals surface area contributed by atoms with Crippen molar-refractivity contribution in [3.63, 3.8) is 0 Å². The molecule has 0 saturated carbocycles. The molecule has 3 aromatic rings. The largest absolute Gasteiger partial charge is 0.356 e. The highest BCUT2D eigenvalue weighted by atomic mass is 35.5. The SMILES string of the molecule is CC(=N)N1C(=N)C(CC(=O)NCCc2cccnc2)N=C(c2ccc(Cl)cc2)c2c1sc(C)c2C. The maximum atomic E-state index is 12.9. The van der Waals surface area contributed by atoms with Crippen LogP contribution in [0.1, 0.15) is 40.5 Å². The normalized spacial score (nSPS) is 15.3. The van der Waals surface area contributed by atoms with Crippen LogP contribution in [0.25, 0.3) is 0 Å². The second-order valence-electron chi connectivity index (χ2n) is 8.44. The first-order valence-electron chi connectivity index (χ1n) is 11.3. The molecule has 0 bridgehead atoms. The van der Waals surface area contributed by atoms with Crippen LogP contribution >= 0.6 is 22.9 Å². The van der Waals surface area contributed by atoms with Gasteiger partial charge < -0.3 is 5.32 Å². The zero-order valence-corrected chi connectivity index (χ0v) is 21.4. The number of nitrogens with one attached hydrogen (secondary N) is 3. The van der Waals surface area contributed by atoms with Crippen molar-refractivity contribution in [2.75, 3.05) is 11.4 Å². The minimum Gasteiger partial charge on any atom is -0.356 e. The number of aryl methyl sites for hydroxylation is 1. The fourth-order valence-corrected chi connectivity index (χ4v) is 5.38. The minimum absolute atomic E-state index is 0.0136. The van der Waals surface area contributed by atoms with Crippen LogP contribution in [0.3, 0.4) is 0 Å². The highest BCUT2D eigenvalue weighted by Gasteiger charge is 2.34. The zero-order chi connectivity index (χ0) is 25.1. The molecule has 2 aromatic heterocycles. The van der Waals surface area contributed by atoms with E-state index in [1.54, 1.807) is 24.2 Å². The molecule has 1 unspecified atom stereocenters. The Bertz CT molecular complexity index is 1300. The number of amidine groups is 2. The van der Waals surface area contributed by atoms with Crippen molar-refractivity contribution in [1.29, 1.82) is 10.8 Å². The van der Waals surface area contributed by atoms with E-state index >= 15 is 0 Å². The summed E-state index contributed by atoms with van der Waals surface area (Å²) in [5, 5.41) is 21.7. The Morgan fingerprint density at radius 2 is 1.97 bits per heavy atom. The summed E-state index contributed by atoms with van der Waals surface area (Å²) in [5.41, 5.74) is 4.56. The van der Waals surface area contributed by atoms with Gasteiger partial charge in [0.2, 0.25) is 5.91 Å². The van der Waals surface area contributed by atoms with Crippen LogP contribution in [0, 0.1) is 24.7 Å². The van der Waals surface area contributed by atoms with E-state index in [0.717, 1.165) is 32.1 Å². The molecule has 7 nitrogen and oxygen atoms in total. The first-order chi connectivity index (χ1) is 16.8. The predicted molar refractivity (Wildman–Crippen MR) is 144 cm³/mol. The molecule has 3 heterocycles. The molecule has 4 rings (SSSR count). The van der Waals surface area contributed by atoms with E-state index in [0.29, 0.717) is 23.7 Å². The summed E-state index contributed by atoms with van der Waals surface area (Å²) < 4.78 is 0. The van der Waals surface area contributed by atoms with Gasteiger partial charge in [0.05, 0.1) is 12.1 Å². The number of thiophene rings is 1. The van der Waals surface area contributed by atoms with Crippen LogP contribution in [0.15, 0.2) is 53.8 Å². The van der Waals surface area contributed by atoms with Crippen LogP contribution in [0.2, 0.25) is 5.02 Å². The predicted octanol–water partition coefficient (Wildman–Crippen LogP) is 5.16. The summed E-state index contributed by atoms with van der Waals surface area (Å²) in [6.07, 6.45) is 4.18. The number of nitrogens with zero attached hydrogens (tertiary/aromatic N) is 3. The van der Waals surface area contributed by atoms with Crippen LogP contribution in [-0.2, 0) is 11.2 Å². The van der Waals surface area contributed by atoms with Crippen molar-refractivity contribution in [2.24, 2.45) is 4.99 Å². The molecule has 1 amide bonds. The van der Waals surface area contributed by atoms with Crippen LogP contribution in [-0.4, -0.2) is 40.9 Å². The Morgan fingerprint density at radius 3 is 2.63 bits per heavy atom. The third-order valence-electron chi connectivity index (χ3n) is 5.94. The molecule has 35 heavy (non-hydrogen) atoms. The van der Waals surface area contributed by atoms with Gasteiger partial charge in [-0.1, -0.05) is 29.8 Å². The Hall–Kier alpha value is -3.36. The third kappa shape index (κ3) is 5.33. The molecule has 0 spiro atoms. The number of amides is 1. The molecule has 9 heteroatoms. The number of fused-ring (bicyclic) bond motifs is 1. The van der Waals surface area contributed by atoms with Crippen molar-refractivity contribution in [1.82, 2.24) is 10.3 Å². The lowest BCUT2D eigenvalue weighted by Crippen LogP contribution is -2.42. The summed E-state index contributed by atoms with van der Waals surface area (Å²) in [7, 11) is 0. The summed E-state index contributed by atoms with van der Waals surface area (Å²) in [5.74, 6) is 0.141. The molecule has 0 radical (unpaired) electrons. The standard InChI is InChI=1S/C26H27ClN6OS/c1-15-16(2)35-26-23(15)24(19-6-8-20(27)9-7-19)32-21(25(29)33(26)17(3)28)13-22(34)31-12-10-18-5-4-11-30-14-18/h4-9,11,14,21,28-29H,10,12-13H2,1-3H3,(H,31,34). The maximum Gasteiger partial charge on any atom is 0.222 e. The van der Waals surface area contributed by atoms with E-state index in [1.807, 2.05) is 50.2 Å². The van der Waals surface area contributed by atoms with Gasteiger partial charge >= 0.3 is 0 Å². The maximum absolute atomic E-state index is 12.9. The molecular formula is C26H27ClN6OS. The van der Waals surface area contributed by atoms with Crippen LogP contribution in [0.5, 0.6) is 0 Å². The molecular weight excluding hydrogens is 480 g/mol. The summed E-state index contributed by atoms with van der Waals surface area (Å²) >= 11 is 7.67. The Balaban J connectivity index is 1.67. The van der Waals surface area contributed by atoms with Gasteiger partial charge in [-0.15, -0.1) is 11.3 Å². The van der Waals surface area contributed by atoms with Crippen LogP contribution < -0.4 is 10.2 Å². The molecule has 0 saturated heterocycles. The molecule has 0 aliphatic carbocycles. The van der Waals surface area contributed by atoms with E-state index in [1.165, 1.54) is 11.3 Å². The van der Waals surface area contributed by atoms with Gasteiger partial charge in [-0.05, 0) is 56.5 Å². The number of anilines is 1. The minimum atomic E-state index is -0.737. The smallest absolute Gasteiger partial charge is 0.222 e. The van der Waals surface area contributed by atoms with Gasteiger partial charge in [-0.3, -0.25) is 30.5 Å². The van der Waals surface area contributed by atoms with Gasteiger partial charge in [0.15, 0.2) is 0 Å². The fraction of sp³-hybridized carbons (Fsp3) is 0.269. The molecule has 1 aliphatic rings. The number of halogens is 1. The van der Waals surface area contributed by atoms with E-state index in [2.05, 4.69) is 10.3 Å². The Morgan fingerprint density at radius 1 is 1.23 bits per heavy atom. The lowest BCUT2D eigenvalue weighted by atomic mass is 9.99. The van der Waals surface area contributed by atoms with Crippen molar-refractivity contribution in [3.05, 3.63) is 80.9 Å². The van der Waals surface area contributed by atoms with Gasteiger partial charge in [0.1, 0.15) is 22.7 Å². The van der Waals surface area contributed by atoms with Gasteiger partial charge in [0.25, 0.3) is 0 Å².